The highest BCUT2D eigenvalue weighted by Crippen LogP contribution is 2.24. The molecule has 534 valence electrons. The second-order valence-electron chi connectivity index (χ2n) is 27.1. The second kappa shape index (κ2) is 70.9. The fourth-order valence-electron chi connectivity index (χ4n) is 12.4. The molecule has 9 heteroatoms. The zero-order valence-electron chi connectivity index (χ0n) is 60.0. The van der Waals surface area contributed by atoms with Crippen LogP contribution in [0.4, 0.5) is 0 Å². The van der Waals surface area contributed by atoms with Gasteiger partial charge in [0.05, 0.1) is 25.4 Å². The van der Waals surface area contributed by atoms with Gasteiger partial charge in [0.2, 0.25) is 5.91 Å². The molecule has 0 aromatic carbocycles. The Balaban J connectivity index is 2.09. The van der Waals surface area contributed by atoms with Gasteiger partial charge in [0.15, 0.2) is 6.29 Å². The molecule has 0 saturated carbocycles. The molecule has 92 heavy (non-hydrogen) atoms. The zero-order valence-corrected chi connectivity index (χ0v) is 60.0. The van der Waals surface area contributed by atoms with Crippen molar-refractivity contribution in [1.82, 2.24) is 5.32 Å². The predicted octanol–water partition coefficient (Wildman–Crippen LogP) is 22.6. The van der Waals surface area contributed by atoms with E-state index in [1.165, 1.54) is 250 Å². The maximum Gasteiger partial charge on any atom is 0.220 e. The molecule has 1 aliphatic heterocycles. The quantitative estimate of drug-likeness (QED) is 0.0261. The van der Waals surface area contributed by atoms with E-state index in [2.05, 4.69) is 116 Å². The van der Waals surface area contributed by atoms with Crippen LogP contribution in [0.15, 0.2) is 97.2 Å². The fourth-order valence-corrected chi connectivity index (χ4v) is 12.4. The normalized spacial score (nSPS) is 18.2. The summed E-state index contributed by atoms with van der Waals surface area (Å²) in [5.74, 6) is -0.144. The highest BCUT2D eigenvalue weighted by molar-refractivity contribution is 5.76. The van der Waals surface area contributed by atoms with Crippen LogP contribution in [0, 0.1) is 0 Å². The van der Waals surface area contributed by atoms with Gasteiger partial charge in [-0.15, -0.1) is 0 Å². The van der Waals surface area contributed by atoms with Crippen LogP contribution in [0.2, 0.25) is 0 Å². The lowest BCUT2D eigenvalue weighted by atomic mass is 9.99. The van der Waals surface area contributed by atoms with Crippen molar-refractivity contribution in [3.05, 3.63) is 97.2 Å². The second-order valence-corrected chi connectivity index (χ2v) is 27.1. The minimum atomic E-state index is -1.56. The number of aliphatic hydroxyl groups excluding tert-OH is 5. The Kier molecular flexibility index (Phi) is 67.1. The van der Waals surface area contributed by atoms with E-state index in [-0.39, 0.29) is 12.5 Å². The van der Waals surface area contributed by atoms with Gasteiger partial charge in [0.25, 0.3) is 0 Å². The van der Waals surface area contributed by atoms with Crippen LogP contribution in [0.25, 0.3) is 0 Å². The summed E-state index contributed by atoms with van der Waals surface area (Å²) in [6.45, 7) is 3.77. The summed E-state index contributed by atoms with van der Waals surface area (Å²) < 4.78 is 11.4. The average Bonchev–Trinajstić information content (AvgIpc) is 1.00. The number of unbranched alkanes of at least 4 members (excludes halogenated alkanes) is 43. The van der Waals surface area contributed by atoms with Crippen LogP contribution >= 0.6 is 0 Å². The smallest absolute Gasteiger partial charge is 0.220 e. The molecule has 1 fully saturated rings. The van der Waals surface area contributed by atoms with E-state index in [1.54, 1.807) is 0 Å². The molecule has 0 aliphatic carbocycles. The maximum absolute atomic E-state index is 13.2. The summed E-state index contributed by atoms with van der Waals surface area (Å²) in [7, 11) is 0. The summed E-state index contributed by atoms with van der Waals surface area (Å²) in [5.41, 5.74) is 0. The SMILES string of the molecule is CC/C=C\C/C=C\C/C=C\C/C=C\C/C=C\C/C=C\C/C=C\C/C=C\CCCCCCCCCCCCCCC(=O)NC(COC1OC(CO)C(O)C(O)C1O)C(O)CCCCCCCCCCCCCCCCCCCCCCCCCCCCCCCCCC. The van der Waals surface area contributed by atoms with E-state index >= 15 is 0 Å². The Hall–Kier alpha value is -2.89. The molecule has 9 nitrogen and oxygen atoms in total. The molecule has 1 heterocycles. The lowest BCUT2D eigenvalue weighted by molar-refractivity contribution is -0.302. The molecule has 0 aromatic heterocycles. The molecule has 7 unspecified atom stereocenters. The highest BCUT2D eigenvalue weighted by Gasteiger charge is 2.44. The number of hydrogen-bond acceptors (Lipinski definition) is 8. The summed E-state index contributed by atoms with van der Waals surface area (Å²) in [4.78, 5) is 13.2. The minimum Gasteiger partial charge on any atom is -0.394 e. The molecule has 0 spiro atoms. The number of amides is 1. The predicted molar refractivity (Wildman–Crippen MR) is 396 cm³/mol. The zero-order chi connectivity index (χ0) is 66.4. The van der Waals surface area contributed by atoms with Crippen LogP contribution in [0.1, 0.15) is 367 Å². The maximum atomic E-state index is 13.2. The first-order valence-electron chi connectivity index (χ1n) is 39.4. The van der Waals surface area contributed by atoms with E-state index in [0.717, 1.165) is 89.9 Å². The van der Waals surface area contributed by atoms with Crippen LogP contribution in [-0.2, 0) is 14.3 Å². The molecular formula is C83H149NO8. The molecule has 6 N–H and O–H groups in total. The lowest BCUT2D eigenvalue weighted by Crippen LogP contribution is -2.60. The Bertz CT molecular complexity index is 1780. The van der Waals surface area contributed by atoms with Crippen molar-refractivity contribution in [1.29, 1.82) is 0 Å². The van der Waals surface area contributed by atoms with E-state index in [1.807, 2.05) is 0 Å². The molecule has 7 atom stereocenters. The molecule has 1 aliphatic rings. The summed E-state index contributed by atoms with van der Waals surface area (Å²) in [6.07, 6.45) is 96.4. The van der Waals surface area contributed by atoms with Crippen LogP contribution in [0.5, 0.6) is 0 Å². The molecule has 0 bridgehead atoms. The molecule has 1 saturated heterocycles. The third-order valence-electron chi connectivity index (χ3n) is 18.5. The summed E-state index contributed by atoms with van der Waals surface area (Å²) in [6, 6.07) is -0.728. The first kappa shape index (κ1) is 87.1. The van der Waals surface area contributed by atoms with Gasteiger partial charge in [-0.3, -0.25) is 4.79 Å². The first-order valence-corrected chi connectivity index (χ1v) is 39.4. The van der Waals surface area contributed by atoms with Gasteiger partial charge >= 0.3 is 0 Å². The largest absolute Gasteiger partial charge is 0.394 e. The van der Waals surface area contributed by atoms with Crippen LogP contribution in [-0.4, -0.2) is 87.5 Å². The third-order valence-corrected chi connectivity index (χ3v) is 18.5. The topological polar surface area (TPSA) is 149 Å². The van der Waals surface area contributed by atoms with Gasteiger partial charge in [0.1, 0.15) is 24.4 Å². The van der Waals surface area contributed by atoms with Gasteiger partial charge in [-0.1, -0.05) is 381 Å². The standard InChI is InChI=1S/C83H149NO8/c1-3-5-7-9-11-13-15-17-19-21-23-25-27-29-31-33-35-37-38-39-40-41-43-45-47-49-51-53-55-57-59-61-63-65-67-69-71-73-79(87)84-76(75-91-83-82(90)81(89)80(88)78(74-85)92-83)77(86)72-70-68-66-64-62-60-58-56-54-52-50-48-46-44-42-36-34-32-30-28-26-24-22-20-18-16-14-12-10-8-6-4-2/h5,7,11,13,17,19,23,25,29,31,35,37,39-40,43,45,76-78,80-83,85-86,88-90H,3-4,6,8-10,12,14-16,18,20-22,24,26-28,30,32-34,36,38,41-42,44,46-75H2,1-2H3,(H,84,87)/b7-5-,13-11-,19-17-,25-23-,31-29-,37-35-,40-39-,45-43-. The number of nitrogens with one attached hydrogen (secondary N) is 1. The number of rotatable bonds is 69. The third kappa shape index (κ3) is 58.5. The van der Waals surface area contributed by atoms with Gasteiger partial charge in [-0.05, 0) is 77.0 Å². The van der Waals surface area contributed by atoms with Gasteiger partial charge in [0, 0.05) is 6.42 Å². The van der Waals surface area contributed by atoms with Crippen molar-refractivity contribution in [2.24, 2.45) is 0 Å². The van der Waals surface area contributed by atoms with Crippen molar-refractivity contribution in [2.75, 3.05) is 13.2 Å². The summed E-state index contributed by atoms with van der Waals surface area (Å²) in [5, 5.41) is 55.1. The number of aliphatic hydroxyl groups is 5. The highest BCUT2D eigenvalue weighted by atomic mass is 16.7. The number of carbonyl (C=O) groups excluding carboxylic acids is 1. The number of allylic oxidation sites excluding steroid dienone is 16. The van der Waals surface area contributed by atoms with Crippen molar-refractivity contribution in [3.63, 3.8) is 0 Å². The van der Waals surface area contributed by atoms with Crippen molar-refractivity contribution in [2.45, 2.75) is 410 Å². The van der Waals surface area contributed by atoms with E-state index in [4.69, 9.17) is 9.47 Å². The first-order chi connectivity index (χ1) is 45.3. The number of ether oxygens (including phenoxy) is 2. The molecule has 1 amide bonds. The molecule has 0 aromatic rings. The molecule has 1 rings (SSSR count). The van der Waals surface area contributed by atoms with Gasteiger partial charge in [-0.25, -0.2) is 0 Å². The van der Waals surface area contributed by atoms with Crippen molar-refractivity contribution < 1.29 is 39.8 Å². The van der Waals surface area contributed by atoms with Gasteiger partial charge in [-0.2, -0.15) is 0 Å². The Morgan fingerprint density at radius 3 is 1.00 bits per heavy atom. The Labute approximate surface area is 568 Å². The van der Waals surface area contributed by atoms with E-state index in [9.17, 15) is 30.3 Å². The number of carbonyl (C=O) groups is 1. The molecular weight excluding hydrogens is 1140 g/mol. The van der Waals surface area contributed by atoms with Crippen molar-refractivity contribution >= 4 is 5.91 Å². The minimum absolute atomic E-state index is 0.141. The Morgan fingerprint density at radius 1 is 0.380 bits per heavy atom. The number of hydrogen-bond donors (Lipinski definition) is 6. The lowest BCUT2D eigenvalue weighted by Gasteiger charge is -2.40. The fraction of sp³-hybridized carbons (Fsp3) is 0.795. The van der Waals surface area contributed by atoms with Gasteiger partial charge < -0.3 is 40.3 Å². The van der Waals surface area contributed by atoms with E-state index in [0.29, 0.717) is 12.8 Å². The van der Waals surface area contributed by atoms with E-state index < -0.39 is 49.5 Å². The molecule has 0 radical (unpaired) electrons. The monoisotopic (exact) mass is 1290 g/mol. The Morgan fingerprint density at radius 2 is 0.674 bits per heavy atom. The average molecular weight is 1290 g/mol. The van der Waals surface area contributed by atoms with Crippen molar-refractivity contribution in [3.8, 4) is 0 Å². The van der Waals surface area contributed by atoms with Crippen LogP contribution in [0.3, 0.4) is 0 Å². The summed E-state index contributed by atoms with van der Waals surface area (Å²) >= 11 is 0. The van der Waals surface area contributed by atoms with Crippen LogP contribution < -0.4 is 5.32 Å².